The first kappa shape index (κ1) is 31.2. The van der Waals surface area contributed by atoms with Gasteiger partial charge >= 0.3 is 23.9 Å². The fourth-order valence-electron chi connectivity index (χ4n) is 2.72. The van der Waals surface area contributed by atoms with Crippen molar-refractivity contribution in [3.05, 3.63) is 34.9 Å². The van der Waals surface area contributed by atoms with E-state index < -0.39 is 43.1 Å². The van der Waals surface area contributed by atoms with Crippen molar-refractivity contribution in [1.29, 1.82) is 0 Å². The van der Waals surface area contributed by atoms with Gasteiger partial charge in [-0.1, -0.05) is 34.9 Å². The van der Waals surface area contributed by atoms with Gasteiger partial charge in [0.2, 0.25) is 0 Å². The van der Waals surface area contributed by atoms with Gasteiger partial charge in [-0.05, 0) is 53.4 Å². The zero-order valence-corrected chi connectivity index (χ0v) is 21.6. The van der Waals surface area contributed by atoms with Crippen molar-refractivity contribution in [2.45, 2.75) is 59.4 Å². The Hall–Kier alpha value is -2.75. The molecular weight excluding hydrogens is 460 g/mol. The van der Waals surface area contributed by atoms with Crippen LogP contribution in [0.3, 0.4) is 0 Å². The second-order valence-corrected chi connectivity index (χ2v) is 9.24. The van der Waals surface area contributed by atoms with Gasteiger partial charge in [-0.15, -0.1) is 0 Å². The van der Waals surface area contributed by atoms with Crippen molar-refractivity contribution in [1.82, 2.24) is 10.2 Å². The third kappa shape index (κ3) is 16.0. The molecule has 0 fully saturated rings. The van der Waals surface area contributed by atoms with Crippen LogP contribution in [0.1, 0.15) is 53.4 Å². The first-order valence-electron chi connectivity index (χ1n) is 11.1. The van der Waals surface area contributed by atoms with Gasteiger partial charge in [0.25, 0.3) is 0 Å². The number of nitrogens with one attached hydrogen (secondary N) is 1. The molecule has 9 nitrogen and oxygen atoms in total. The zero-order valence-electron chi connectivity index (χ0n) is 20.8. The molecule has 0 saturated carbocycles. The molecule has 0 heterocycles. The lowest BCUT2D eigenvalue weighted by Crippen LogP contribution is -2.51. The third-order valence-corrected chi connectivity index (χ3v) is 5.69. The van der Waals surface area contributed by atoms with E-state index in [1.54, 1.807) is 0 Å². The van der Waals surface area contributed by atoms with Crippen LogP contribution in [0, 0.1) is 0 Å². The maximum atomic E-state index is 12.3. The molecule has 192 valence electrons. The summed E-state index contributed by atoms with van der Waals surface area (Å²) < 4.78 is 4.45. The zero-order chi connectivity index (χ0) is 26.1. The van der Waals surface area contributed by atoms with Crippen molar-refractivity contribution in [3.8, 4) is 0 Å². The highest BCUT2D eigenvalue weighted by atomic mass is 32.2. The minimum atomic E-state index is -1.33. The Balaban J connectivity index is 4.62. The highest BCUT2D eigenvalue weighted by Crippen LogP contribution is 2.13. The van der Waals surface area contributed by atoms with Gasteiger partial charge in [0.15, 0.2) is 0 Å². The summed E-state index contributed by atoms with van der Waals surface area (Å²) in [5.41, 5.74) is 3.89. The van der Waals surface area contributed by atoms with Crippen molar-refractivity contribution in [2.24, 2.45) is 0 Å². The quantitative estimate of drug-likeness (QED) is 0.166. The Bertz CT molecular complexity index is 786. The summed E-state index contributed by atoms with van der Waals surface area (Å²) in [7, 11) is 1.11. The minimum Gasteiger partial charge on any atom is -0.480 e. The number of hydrogen-bond donors (Lipinski definition) is 3. The summed E-state index contributed by atoms with van der Waals surface area (Å²) in [6.07, 6.45) is 10.5. The molecular formula is C24H38N2O7S. The van der Waals surface area contributed by atoms with E-state index in [4.69, 9.17) is 5.11 Å². The molecule has 0 aliphatic heterocycles. The van der Waals surface area contributed by atoms with Crippen LogP contribution >= 0.6 is 11.8 Å². The molecule has 0 aromatic rings. The number of amides is 2. The van der Waals surface area contributed by atoms with E-state index in [9.17, 15) is 24.3 Å². The predicted molar refractivity (Wildman–Crippen MR) is 134 cm³/mol. The van der Waals surface area contributed by atoms with E-state index in [1.807, 2.05) is 13.0 Å². The number of carboxylic acid groups (broad SMARTS) is 2. The molecule has 0 aliphatic rings. The Kier molecular flexibility index (Phi) is 16.3. The fourth-order valence-corrected chi connectivity index (χ4v) is 3.72. The highest BCUT2D eigenvalue weighted by molar-refractivity contribution is 7.99. The van der Waals surface area contributed by atoms with Crippen LogP contribution in [0.5, 0.6) is 0 Å². The van der Waals surface area contributed by atoms with Gasteiger partial charge in [0.1, 0.15) is 19.1 Å². The van der Waals surface area contributed by atoms with Crippen LogP contribution in [0.2, 0.25) is 0 Å². The van der Waals surface area contributed by atoms with Crippen LogP contribution < -0.4 is 5.32 Å². The third-order valence-electron chi connectivity index (χ3n) is 4.71. The lowest BCUT2D eigenvalue weighted by Gasteiger charge is -2.22. The number of ether oxygens (including phenoxy) is 1. The van der Waals surface area contributed by atoms with Gasteiger partial charge in [-0.25, -0.2) is 9.59 Å². The summed E-state index contributed by atoms with van der Waals surface area (Å²) >= 11 is 1.34. The van der Waals surface area contributed by atoms with Gasteiger partial charge < -0.3 is 25.2 Å². The lowest BCUT2D eigenvalue weighted by molar-refractivity contribution is -0.142. The normalized spacial score (nSPS) is 12.5. The van der Waals surface area contributed by atoms with Crippen LogP contribution in [-0.4, -0.2) is 76.8 Å². The summed E-state index contributed by atoms with van der Waals surface area (Å²) in [6.45, 7) is 7.00. The highest BCUT2D eigenvalue weighted by Gasteiger charge is 2.26. The number of carbonyl (C=O) groups is 4. The summed E-state index contributed by atoms with van der Waals surface area (Å²) in [5, 5.41) is 20.6. The number of allylic oxidation sites excluding steroid dienone is 5. The van der Waals surface area contributed by atoms with Crippen molar-refractivity contribution >= 4 is 35.7 Å². The second-order valence-electron chi connectivity index (χ2n) is 8.16. The molecule has 0 radical (unpaired) electrons. The van der Waals surface area contributed by atoms with E-state index in [1.165, 1.54) is 28.5 Å². The molecule has 10 heteroatoms. The number of rotatable bonds is 16. The number of thioether (sulfide) groups is 1. The maximum Gasteiger partial charge on any atom is 0.327 e. The number of carbonyl (C=O) groups excluding carboxylic acids is 2. The Morgan fingerprint density at radius 3 is 2.06 bits per heavy atom. The van der Waals surface area contributed by atoms with E-state index in [0.29, 0.717) is 10.7 Å². The number of esters is 1. The standard InChI is InChI=1S/C24H38N2O7S/c1-17(2)8-6-9-18(3)10-7-11-19(4)12-13-34-16-20(23(30)31)25-24(32)26(14-21(27)28)15-22(29)33-5/h8,10,12,20H,6-7,9,11,13-16H2,1-5H3,(H,25,32)(H,27,28)(H,30,31)/b18-10+,19-12+. The van der Waals surface area contributed by atoms with Crippen LogP contribution in [0.15, 0.2) is 34.9 Å². The number of aliphatic carboxylic acids is 2. The first-order chi connectivity index (χ1) is 16.0. The van der Waals surface area contributed by atoms with E-state index in [-0.39, 0.29) is 5.75 Å². The SMILES string of the molecule is COC(=O)CN(CC(=O)O)C(=O)NC(CSC/C=C(\C)CC/C=C(\C)CCC=C(C)C)C(=O)O. The molecule has 34 heavy (non-hydrogen) atoms. The van der Waals surface area contributed by atoms with Crippen molar-refractivity contribution in [3.63, 3.8) is 0 Å². The van der Waals surface area contributed by atoms with Crippen LogP contribution in [0.4, 0.5) is 4.79 Å². The molecule has 0 rings (SSSR count). The van der Waals surface area contributed by atoms with Crippen molar-refractivity contribution < 1.29 is 34.1 Å². The summed E-state index contributed by atoms with van der Waals surface area (Å²) in [5.74, 6) is -2.72. The Morgan fingerprint density at radius 2 is 1.53 bits per heavy atom. The van der Waals surface area contributed by atoms with Gasteiger partial charge in [-0.2, -0.15) is 11.8 Å². The first-order valence-corrected chi connectivity index (χ1v) is 12.2. The number of nitrogens with zero attached hydrogens (tertiary/aromatic N) is 1. The van der Waals surface area contributed by atoms with E-state index in [2.05, 4.69) is 43.0 Å². The van der Waals surface area contributed by atoms with Crippen LogP contribution in [0.25, 0.3) is 0 Å². The van der Waals surface area contributed by atoms with Crippen molar-refractivity contribution in [2.75, 3.05) is 31.7 Å². The molecule has 0 aromatic carbocycles. The van der Waals surface area contributed by atoms with Gasteiger partial charge in [-0.3, -0.25) is 9.59 Å². The lowest BCUT2D eigenvalue weighted by atomic mass is 10.1. The van der Waals surface area contributed by atoms with E-state index >= 15 is 0 Å². The van der Waals surface area contributed by atoms with Crippen LogP contribution in [-0.2, 0) is 19.1 Å². The summed E-state index contributed by atoms with van der Waals surface area (Å²) in [4.78, 5) is 46.9. The molecule has 0 aromatic heterocycles. The predicted octanol–water partition coefficient (Wildman–Crippen LogP) is 3.86. The average Bonchev–Trinajstić information content (AvgIpc) is 2.74. The number of carboxylic acids is 2. The number of hydrogen-bond acceptors (Lipinski definition) is 6. The monoisotopic (exact) mass is 498 g/mol. The fraction of sp³-hybridized carbons (Fsp3) is 0.583. The smallest absolute Gasteiger partial charge is 0.327 e. The van der Waals surface area contributed by atoms with E-state index in [0.717, 1.165) is 32.8 Å². The molecule has 0 spiro atoms. The Labute approximate surface area is 206 Å². The maximum absolute atomic E-state index is 12.3. The minimum absolute atomic E-state index is 0.0906. The molecule has 3 N–H and O–H groups in total. The molecule has 2 amide bonds. The van der Waals surface area contributed by atoms with Gasteiger partial charge in [0, 0.05) is 11.5 Å². The number of methoxy groups -OCH3 is 1. The molecule has 0 bridgehead atoms. The molecule has 0 saturated heterocycles. The molecule has 1 atom stereocenters. The molecule has 1 unspecified atom stereocenters. The topological polar surface area (TPSA) is 133 Å². The Morgan fingerprint density at radius 1 is 0.941 bits per heavy atom. The second kappa shape index (κ2) is 17.7. The number of urea groups is 1. The largest absolute Gasteiger partial charge is 0.480 e. The summed E-state index contributed by atoms with van der Waals surface area (Å²) in [6, 6.07) is -2.19. The molecule has 0 aliphatic carbocycles. The van der Waals surface area contributed by atoms with Gasteiger partial charge in [0.05, 0.1) is 7.11 Å². The average molecular weight is 499 g/mol.